The van der Waals surface area contributed by atoms with Crippen molar-refractivity contribution in [1.82, 2.24) is 35.7 Å². The minimum absolute atomic E-state index is 0.102. The Hall–Kier alpha value is -3.30. The average molecular weight is 357 g/mol. The summed E-state index contributed by atoms with van der Waals surface area (Å²) in [5, 5.41) is 17.6. The fourth-order valence-electron chi connectivity index (χ4n) is 2.33. The Morgan fingerprint density at radius 2 is 2.15 bits per heavy atom. The molecule has 0 aliphatic carbocycles. The topological polar surface area (TPSA) is 121 Å². The zero-order chi connectivity index (χ0) is 18.4. The van der Waals surface area contributed by atoms with Crippen molar-refractivity contribution in [1.29, 1.82) is 0 Å². The normalized spacial score (nSPS) is 11.9. The van der Waals surface area contributed by atoms with Crippen LogP contribution in [0.15, 0.2) is 35.1 Å². The number of aryl methyl sites for hydroxylation is 1. The summed E-state index contributed by atoms with van der Waals surface area (Å²) in [5.41, 5.74) is 0.806. The fourth-order valence-corrected chi connectivity index (χ4v) is 2.33. The number of nitrogens with one attached hydrogen (secondary N) is 1. The predicted octanol–water partition coefficient (Wildman–Crippen LogP) is 1.39. The van der Waals surface area contributed by atoms with Gasteiger partial charge in [0.25, 0.3) is 0 Å². The van der Waals surface area contributed by atoms with E-state index >= 15 is 0 Å². The first kappa shape index (κ1) is 17.5. The molecule has 0 unspecified atom stereocenters. The van der Waals surface area contributed by atoms with E-state index in [9.17, 15) is 4.79 Å². The number of tetrazole rings is 1. The van der Waals surface area contributed by atoms with Gasteiger partial charge < -0.3 is 14.6 Å². The largest absolute Gasteiger partial charge is 0.497 e. The molecule has 0 spiro atoms. The van der Waals surface area contributed by atoms with E-state index < -0.39 is 0 Å². The lowest BCUT2D eigenvalue weighted by molar-refractivity contribution is -0.122. The van der Waals surface area contributed by atoms with Gasteiger partial charge in [-0.2, -0.15) is 4.98 Å². The average Bonchev–Trinajstić information content (AvgIpc) is 3.34. The lowest BCUT2D eigenvalue weighted by atomic mass is 10.2. The number of amides is 1. The molecular weight excluding hydrogens is 338 g/mol. The van der Waals surface area contributed by atoms with Gasteiger partial charge in [0.1, 0.15) is 18.1 Å². The van der Waals surface area contributed by atoms with Crippen molar-refractivity contribution >= 4 is 5.91 Å². The molecule has 0 aliphatic heterocycles. The van der Waals surface area contributed by atoms with Crippen molar-refractivity contribution in [3.8, 4) is 17.1 Å². The number of ether oxygens (including phenoxy) is 1. The maximum absolute atomic E-state index is 12.0. The van der Waals surface area contributed by atoms with Crippen molar-refractivity contribution < 1.29 is 14.1 Å². The SMILES string of the molecule is COc1ccc(-c2noc([C@@H](C)NC(=O)CCCn3cnnn3)n2)cc1. The predicted molar refractivity (Wildman–Crippen MR) is 89.9 cm³/mol. The summed E-state index contributed by atoms with van der Waals surface area (Å²) in [5.74, 6) is 1.46. The van der Waals surface area contributed by atoms with Crippen molar-refractivity contribution in [2.24, 2.45) is 0 Å². The van der Waals surface area contributed by atoms with E-state index in [-0.39, 0.29) is 11.9 Å². The number of carbonyl (C=O) groups is 1. The summed E-state index contributed by atoms with van der Waals surface area (Å²) in [4.78, 5) is 16.4. The van der Waals surface area contributed by atoms with E-state index in [1.165, 1.54) is 6.33 Å². The number of nitrogens with zero attached hydrogens (tertiary/aromatic N) is 6. The zero-order valence-electron chi connectivity index (χ0n) is 14.5. The van der Waals surface area contributed by atoms with Crippen molar-refractivity contribution in [2.45, 2.75) is 32.4 Å². The molecule has 0 fully saturated rings. The monoisotopic (exact) mass is 357 g/mol. The van der Waals surface area contributed by atoms with Gasteiger partial charge in [-0.15, -0.1) is 5.10 Å². The summed E-state index contributed by atoms with van der Waals surface area (Å²) in [6.07, 6.45) is 2.49. The Morgan fingerprint density at radius 3 is 2.85 bits per heavy atom. The van der Waals surface area contributed by atoms with E-state index in [1.54, 1.807) is 18.7 Å². The fraction of sp³-hybridized carbons (Fsp3) is 0.375. The highest BCUT2D eigenvalue weighted by atomic mass is 16.5. The molecule has 0 bridgehead atoms. The summed E-state index contributed by atoms with van der Waals surface area (Å²) >= 11 is 0. The Kier molecular flexibility index (Phi) is 5.52. The van der Waals surface area contributed by atoms with Crippen LogP contribution in [0.3, 0.4) is 0 Å². The number of rotatable bonds is 8. The van der Waals surface area contributed by atoms with E-state index in [2.05, 4.69) is 31.0 Å². The van der Waals surface area contributed by atoms with E-state index in [0.717, 1.165) is 11.3 Å². The molecule has 0 saturated carbocycles. The van der Waals surface area contributed by atoms with Gasteiger partial charge in [-0.3, -0.25) is 4.79 Å². The van der Waals surface area contributed by atoms with Gasteiger partial charge in [-0.1, -0.05) is 5.16 Å². The smallest absolute Gasteiger partial charge is 0.249 e. The molecule has 26 heavy (non-hydrogen) atoms. The highest BCUT2D eigenvalue weighted by Crippen LogP contribution is 2.21. The summed E-state index contributed by atoms with van der Waals surface area (Å²) in [6.45, 7) is 2.38. The molecule has 1 atom stereocenters. The number of benzene rings is 1. The summed E-state index contributed by atoms with van der Waals surface area (Å²) < 4.78 is 12.0. The number of carbonyl (C=O) groups excluding carboxylic acids is 1. The first-order chi connectivity index (χ1) is 12.7. The van der Waals surface area contributed by atoms with Crippen LogP contribution in [0.2, 0.25) is 0 Å². The molecule has 3 aromatic rings. The van der Waals surface area contributed by atoms with Crippen LogP contribution in [0.25, 0.3) is 11.4 Å². The third kappa shape index (κ3) is 4.41. The quantitative estimate of drug-likeness (QED) is 0.642. The van der Waals surface area contributed by atoms with Gasteiger partial charge >= 0.3 is 0 Å². The van der Waals surface area contributed by atoms with Gasteiger partial charge in [0.15, 0.2) is 0 Å². The summed E-state index contributed by atoms with van der Waals surface area (Å²) in [6, 6.07) is 6.95. The van der Waals surface area contributed by atoms with Crippen LogP contribution in [0.4, 0.5) is 0 Å². The molecule has 0 radical (unpaired) electrons. The second-order valence-electron chi connectivity index (χ2n) is 5.65. The maximum Gasteiger partial charge on any atom is 0.249 e. The highest BCUT2D eigenvalue weighted by molar-refractivity contribution is 5.76. The minimum Gasteiger partial charge on any atom is -0.497 e. The van der Waals surface area contributed by atoms with Crippen LogP contribution in [-0.2, 0) is 11.3 Å². The molecular formula is C16H19N7O3. The molecule has 1 N–H and O–H groups in total. The number of hydrogen-bond acceptors (Lipinski definition) is 8. The Morgan fingerprint density at radius 1 is 1.35 bits per heavy atom. The van der Waals surface area contributed by atoms with Gasteiger partial charge in [-0.25, -0.2) is 4.68 Å². The Balaban J connectivity index is 1.52. The van der Waals surface area contributed by atoms with Crippen molar-refractivity contribution in [3.05, 3.63) is 36.5 Å². The van der Waals surface area contributed by atoms with Gasteiger partial charge in [0, 0.05) is 18.5 Å². The first-order valence-electron chi connectivity index (χ1n) is 8.14. The maximum atomic E-state index is 12.0. The zero-order valence-corrected chi connectivity index (χ0v) is 14.5. The first-order valence-corrected chi connectivity index (χ1v) is 8.14. The standard InChI is InChI=1S/C16H19N7O3/c1-11(18-14(24)4-3-9-23-10-17-21-22-23)16-19-15(20-26-16)12-5-7-13(25-2)8-6-12/h5-8,10-11H,3-4,9H2,1-2H3,(H,18,24)/t11-/m1/s1. The van der Waals surface area contributed by atoms with Crippen LogP contribution in [0.1, 0.15) is 31.7 Å². The molecule has 10 nitrogen and oxygen atoms in total. The molecule has 1 amide bonds. The lowest BCUT2D eigenvalue weighted by Gasteiger charge is -2.09. The second-order valence-corrected chi connectivity index (χ2v) is 5.65. The van der Waals surface area contributed by atoms with Crippen molar-refractivity contribution in [2.75, 3.05) is 7.11 Å². The number of hydrogen-bond donors (Lipinski definition) is 1. The van der Waals surface area contributed by atoms with Gasteiger partial charge in [0.05, 0.1) is 7.11 Å². The highest BCUT2D eigenvalue weighted by Gasteiger charge is 2.17. The van der Waals surface area contributed by atoms with Crippen LogP contribution in [0.5, 0.6) is 5.75 Å². The van der Waals surface area contributed by atoms with Crippen LogP contribution in [0, 0.1) is 0 Å². The van der Waals surface area contributed by atoms with Crippen molar-refractivity contribution in [3.63, 3.8) is 0 Å². The third-order valence-corrected chi connectivity index (χ3v) is 3.72. The Bertz CT molecular complexity index is 830. The molecule has 136 valence electrons. The number of aromatic nitrogens is 6. The molecule has 0 saturated heterocycles. The van der Waals surface area contributed by atoms with Gasteiger partial charge in [0.2, 0.25) is 17.6 Å². The second kappa shape index (κ2) is 8.19. The van der Waals surface area contributed by atoms with Crippen LogP contribution in [-0.4, -0.2) is 43.4 Å². The molecule has 2 heterocycles. The molecule has 3 rings (SSSR count). The number of methoxy groups -OCH3 is 1. The Labute approximate surface area is 149 Å². The van der Waals surface area contributed by atoms with Crippen LogP contribution >= 0.6 is 0 Å². The molecule has 10 heteroatoms. The van der Waals surface area contributed by atoms with Crippen LogP contribution < -0.4 is 10.1 Å². The van der Waals surface area contributed by atoms with E-state index in [4.69, 9.17) is 9.26 Å². The molecule has 0 aliphatic rings. The molecule has 1 aromatic carbocycles. The third-order valence-electron chi connectivity index (χ3n) is 3.72. The lowest BCUT2D eigenvalue weighted by Crippen LogP contribution is -2.26. The minimum atomic E-state index is -0.380. The summed E-state index contributed by atoms with van der Waals surface area (Å²) in [7, 11) is 1.61. The van der Waals surface area contributed by atoms with Gasteiger partial charge in [-0.05, 0) is 48.0 Å². The van der Waals surface area contributed by atoms with E-state index in [1.807, 2.05) is 24.3 Å². The molecule has 2 aromatic heterocycles. The van der Waals surface area contributed by atoms with E-state index in [0.29, 0.717) is 31.1 Å².